The maximum atomic E-state index is 12.7. The summed E-state index contributed by atoms with van der Waals surface area (Å²) in [7, 11) is -3.37. The van der Waals surface area contributed by atoms with E-state index in [1.54, 1.807) is 22.5 Å². The number of hydrogen-bond acceptors (Lipinski definition) is 3. The minimum Gasteiger partial charge on any atom is -0.316 e. The summed E-state index contributed by atoms with van der Waals surface area (Å²) in [5.74, 6) is 0. The van der Waals surface area contributed by atoms with Gasteiger partial charge in [-0.1, -0.05) is 12.1 Å². The molecule has 0 amide bonds. The summed E-state index contributed by atoms with van der Waals surface area (Å²) >= 11 is 3.34. The van der Waals surface area contributed by atoms with Crippen LogP contribution in [0.5, 0.6) is 0 Å². The molecule has 104 valence electrons. The van der Waals surface area contributed by atoms with E-state index in [0.29, 0.717) is 22.5 Å². The Morgan fingerprint density at radius 2 is 2.05 bits per heavy atom. The normalized spacial score (nSPS) is 28.3. The van der Waals surface area contributed by atoms with Gasteiger partial charge in [0.2, 0.25) is 10.0 Å². The Morgan fingerprint density at radius 1 is 1.26 bits per heavy atom. The molecular formula is C13H17BrN2O2S. The Morgan fingerprint density at radius 3 is 2.74 bits per heavy atom. The molecule has 19 heavy (non-hydrogen) atoms. The molecule has 1 spiro atoms. The molecule has 0 bridgehead atoms. The third-order valence-corrected chi connectivity index (χ3v) is 7.05. The molecule has 0 saturated carbocycles. The molecule has 1 aromatic carbocycles. The van der Waals surface area contributed by atoms with Crippen molar-refractivity contribution in [1.82, 2.24) is 9.62 Å². The van der Waals surface area contributed by atoms with Crippen LogP contribution in [0.2, 0.25) is 0 Å². The lowest BCUT2D eigenvalue weighted by molar-refractivity contribution is 0.338. The first-order valence-electron chi connectivity index (χ1n) is 6.49. The average molecular weight is 345 g/mol. The summed E-state index contributed by atoms with van der Waals surface area (Å²) in [4.78, 5) is 0.373. The quantitative estimate of drug-likeness (QED) is 0.890. The van der Waals surface area contributed by atoms with Crippen molar-refractivity contribution in [3.8, 4) is 0 Å². The summed E-state index contributed by atoms with van der Waals surface area (Å²) in [5, 5.41) is 3.35. The zero-order valence-corrected chi connectivity index (χ0v) is 13.0. The van der Waals surface area contributed by atoms with E-state index in [4.69, 9.17) is 0 Å². The second-order valence-electron chi connectivity index (χ2n) is 5.45. The standard InChI is InChI=1S/C13H17BrN2O2S/c14-11-3-1-2-4-12(11)19(17,18)16-8-6-13(10-16)5-7-15-9-13/h1-4,15H,5-10H2. The van der Waals surface area contributed by atoms with E-state index in [1.165, 1.54) is 0 Å². The van der Waals surface area contributed by atoms with Gasteiger partial charge in [0.05, 0.1) is 4.90 Å². The fourth-order valence-corrected chi connectivity index (χ4v) is 5.55. The fourth-order valence-electron chi connectivity index (χ4n) is 3.04. The Labute approximate surface area is 122 Å². The lowest BCUT2D eigenvalue weighted by atomic mass is 9.87. The number of nitrogens with one attached hydrogen (secondary N) is 1. The van der Waals surface area contributed by atoms with Gasteiger partial charge in [-0.05, 0) is 52.9 Å². The number of benzene rings is 1. The highest BCUT2D eigenvalue weighted by Gasteiger charge is 2.44. The van der Waals surface area contributed by atoms with Gasteiger partial charge in [-0.25, -0.2) is 8.42 Å². The first-order valence-corrected chi connectivity index (χ1v) is 8.72. The predicted molar refractivity (Wildman–Crippen MR) is 77.4 cm³/mol. The van der Waals surface area contributed by atoms with E-state index in [1.807, 2.05) is 6.07 Å². The number of hydrogen-bond donors (Lipinski definition) is 1. The second-order valence-corrected chi connectivity index (χ2v) is 8.21. The molecule has 0 aromatic heterocycles. The highest BCUT2D eigenvalue weighted by atomic mass is 79.9. The molecule has 2 fully saturated rings. The van der Waals surface area contributed by atoms with Crippen LogP contribution in [0.25, 0.3) is 0 Å². The third kappa shape index (κ3) is 2.35. The van der Waals surface area contributed by atoms with Gasteiger partial charge in [0.25, 0.3) is 0 Å². The van der Waals surface area contributed by atoms with Crippen molar-refractivity contribution < 1.29 is 8.42 Å². The maximum absolute atomic E-state index is 12.7. The van der Waals surface area contributed by atoms with E-state index in [0.717, 1.165) is 25.9 Å². The SMILES string of the molecule is O=S(=O)(c1ccccc1Br)N1CCC2(CCNC2)C1. The van der Waals surface area contributed by atoms with Crippen molar-refractivity contribution in [2.45, 2.75) is 17.7 Å². The molecule has 2 aliphatic heterocycles. The van der Waals surface area contributed by atoms with Crippen molar-refractivity contribution in [2.24, 2.45) is 5.41 Å². The highest BCUT2D eigenvalue weighted by molar-refractivity contribution is 9.10. The van der Waals surface area contributed by atoms with Gasteiger partial charge in [-0.2, -0.15) is 4.31 Å². The first-order chi connectivity index (χ1) is 9.04. The van der Waals surface area contributed by atoms with Crippen LogP contribution >= 0.6 is 15.9 Å². The molecule has 2 heterocycles. The van der Waals surface area contributed by atoms with Crippen LogP contribution in [0.4, 0.5) is 0 Å². The fraction of sp³-hybridized carbons (Fsp3) is 0.538. The molecule has 1 atom stereocenters. The second kappa shape index (κ2) is 4.84. The lowest BCUT2D eigenvalue weighted by Gasteiger charge is -2.22. The molecule has 2 aliphatic rings. The zero-order chi connectivity index (χ0) is 13.5. The van der Waals surface area contributed by atoms with Crippen LogP contribution in [0.15, 0.2) is 33.6 Å². The van der Waals surface area contributed by atoms with Gasteiger partial charge in [0, 0.05) is 24.1 Å². The van der Waals surface area contributed by atoms with E-state index >= 15 is 0 Å². The van der Waals surface area contributed by atoms with E-state index in [9.17, 15) is 8.42 Å². The molecule has 6 heteroatoms. The summed E-state index contributed by atoms with van der Waals surface area (Å²) < 4.78 is 27.6. The van der Waals surface area contributed by atoms with Crippen LogP contribution < -0.4 is 5.32 Å². The van der Waals surface area contributed by atoms with Crippen molar-refractivity contribution in [1.29, 1.82) is 0 Å². The smallest absolute Gasteiger partial charge is 0.244 e. The maximum Gasteiger partial charge on any atom is 0.244 e. The monoisotopic (exact) mass is 344 g/mol. The molecule has 3 rings (SSSR count). The Bertz CT molecular complexity index is 582. The van der Waals surface area contributed by atoms with E-state index < -0.39 is 10.0 Å². The Balaban J connectivity index is 1.88. The molecule has 4 nitrogen and oxygen atoms in total. The van der Waals surface area contributed by atoms with E-state index in [2.05, 4.69) is 21.2 Å². The number of sulfonamides is 1. The average Bonchev–Trinajstić information content (AvgIpc) is 3.01. The van der Waals surface area contributed by atoms with Crippen LogP contribution in [-0.4, -0.2) is 38.9 Å². The largest absolute Gasteiger partial charge is 0.316 e. The van der Waals surface area contributed by atoms with Gasteiger partial charge in [-0.15, -0.1) is 0 Å². The van der Waals surface area contributed by atoms with Gasteiger partial charge in [-0.3, -0.25) is 0 Å². The highest BCUT2D eigenvalue weighted by Crippen LogP contribution is 2.39. The third-order valence-electron chi connectivity index (χ3n) is 4.19. The summed E-state index contributed by atoms with van der Waals surface area (Å²) in [6, 6.07) is 7.03. The molecule has 0 aliphatic carbocycles. The number of nitrogens with zero attached hydrogens (tertiary/aromatic N) is 1. The number of halogens is 1. The Kier molecular flexibility index (Phi) is 3.45. The molecule has 1 aromatic rings. The topological polar surface area (TPSA) is 49.4 Å². The molecule has 0 radical (unpaired) electrons. The summed E-state index contributed by atoms with van der Waals surface area (Å²) in [5.41, 5.74) is 0.161. The molecule has 2 saturated heterocycles. The van der Waals surface area contributed by atoms with Gasteiger partial charge >= 0.3 is 0 Å². The zero-order valence-electron chi connectivity index (χ0n) is 10.6. The predicted octanol–water partition coefficient (Wildman–Crippen LogP) is 1.82. The van der Waals surface area contributed by atoms with Crippen LogP contribution in [0.1, 0.15) is 12.8 Å². The van der Waals surface area contributed by atoms with Crippen molar-refractivity contribution in [2.75, 3.05) is 26.2 Å². The van der Waals surface area contributed by atoms with E-state index in [-0.39, 0.29) is 5.41 Å². The molecule has 1 N–H and O–H groups in total. The van der Waals surface area contributed by atoms with Crippen LogP contribution in [0.3, 0.4) is 0 Å². The number of rotatable bonds is 2. The van der Waals surface area contributed by atoms with Gasteiger partial charge < -0.3 is 5.32 Å². The van der Waals surface area contributed by atoms with Crippen LogP contribution in [-0.2, 0) is 10.0 Å². The van der Waals surface area contributed by atoms with Crippen molar-refractivity contribution in [3.63, 3.8) is 0 Å². The first kappa shape index (κ1) is 13.5. The minimum absolute atomic E-state index is 0.161. The molecular weight excluding hydrogens is 328 g/mol. The van der Waals surface area contributed by atoms with Gasteiger partial charge in [0.1, 0.15) is 0 Å². The summed E-state index contributed by atoms with van der Waals surface area (Å²) in [6.07, 6.45) is 2.04. The van der Waals surface area contributed by atoms with Crippen molar-refractivity contribution in [3.05, 3.63) is 28.7 Å². The Hall–Kier alpha value is -0.430. The minimum atomic E-state index is -3.37. The van der Waals surface area contributed by atoms with Crippen molar-refractivity contribution >= 4 is 26.0 Å². The lowest BCUT2D eigenvalue weighted by Crippen LogP contribution is -2.33. The molecule has 1 unspecified atom stereocenters. The van der Waals surface area contributed by atoms with Gasteiger partial charge in [0.15, 0.2) is 0 Å². The summed E-state index contributed by atoms with van der Waals surface area (Å²) in [6.45, 7) is 3.22. The van der Waals surface area contributed by atoms with Crippen LogP contribution in [0, 0.1) is 5.41 Å².